The summed E-state index contributed by atoms with van der Waals surface area (Å²) in [5.74, 6) is 2.44. The fraction of sp³-hybridized carbons (Fsp3) is 0.533. The van der Waals surface area contributed by atoms with Crippen molar-refractivity contribution < 1.29 is 9.53 Å². The first-order chi connectivity index (χ1) is 9.21. The number of nitrogens with zero attached hydrogens (tertiary/aromatic N) is 1. The summed E-state index contributed by atoms with van der Waals surface area (Å²) in [6.45, 7) is 7.51. The summed E-state index contributed by atoms with van der Waals surface area (Å²) < 4.78 is 5.13. The SMILES string of the molecule is CCN(CC)CCSCC(=O)c1cccc(OC)c1. The van der Waals surface area contributed by atoms with Gasteiger partial charge in [-0.3, -0.25) is 4.79 Å². The number of methoxy groups -OCH3 is 1. The maximum atomic E-state index is 12.0. The second-order valence-corrected chi connectivity index (χ2v) is 5.34. The Balaban J connectivity index is 2.34. The van der Waals surface area contributed by atoms with Crippen LogP contribution in [-0.4, -0.2) is 48.9 Å². The molecule has 4 heteroatoms. The van der Waals surface area contributed by atoms with Crippen LogP contribution in [0.5, 0.6) is 5.75 Å². The van der Waals surface area contributed by atoms with Crippen LogP contribution in [0.3, 0.4) is 0 Å². The van der Waals surface area contributed by atoms with Crippen LogP contribution >= 0.6 is 11.8 Å². The van der Waals surface area contributed by atoms with Gasteiger partial charge in [0.1, 0.15) is 5.75 Å². The Labute approximate surface area is 120 Å². The lowest BCUT2D eigenvalue weighted by Crippen LogP contribution is -2.25. The maximum Gasteiger partial charge on any atom is 0.172 e. The van der Waals surface area contributed by atoms with E-state index in [0.717, 1.165) is 36.7 Å². The highest BCUT2D eigenvalue weighted by Gasteiger charge is 2.07. The Morgan fingerprint density at radius 3 is 2.68 bits per heavy atom. The molecule has 0 heterocycles. The summed E-state index contributed by atoms with van der Waals surface area (Å²) in [5.41, 5.74) is 0.731. The Kier molecular flexibility index (Phi) is 7.60. The number of hydrogen-bond donors (Lipinski definition) is 0. The highest BCUT2D eigenvalue weighted by Crippen LogP contribution is 2.15. The molecule has 0 fully saturated rings. The van der Waals surface area contributed by atoms with Gasteiger partial charge in [0.15, 0.2) is 5.78 Å². The van der Waals surface area contributed by atoms with Gasteiger partial charge in [-0.1, -0.05) is 26.0 Å². The van der Waals surface area contributed by atoms with Crippen LogP contribution in [0.2, 0.25) is 0 Å². The second kappa shape index (κ2) is 8.99. The first kappa shape index (κ1) is 16.1. The van der Waals surface area contributed by atoms with Gasteiger partial charge in [-0.2, -0.15) is 11.8 Å². The zero-order valence-corrected chi connectivity index (χ0v) is 12.8. The lowest BCUT2D eigenvalue weighted by Gasteiger charge is -2.17. The zero-order valence-electron chi connectivity index (χ0n) is 12.0. The van der Waals surface area contributed by atoms with E-state index in [-0.39, 0.29) is 5.78 Å². The minimum atomic E-state index is 0.170. The van der Waals surface area contributed by atoms with Gasteiger partial charge in [0.05, 0.1) is 12.9 Å². The van der Waals surface area contributed by atoms with Gasteiger partial charge in [0.25, 0.3) is 0 Å². The standard InChI is InChI=1S/C15H23NO2S/c1-4-16(5-2)9-10-19-12-15(17)13-7-6-8-14(11-13)18-3/h6-8,11H,4-5,9-10,12H2,1-3H3. The second-order valence-electron chi connectivity index (χ2n) is 4.23. The van der Waals surface area contributed by atoms with Crippen molar-refractivity contribution in [1.82, 2.24) is 4.90 Å². The molecule has 1 aromatic rings. The monoisotopic (exact) mass is 281 g/mol. The average molecular weight is 281 g/mol. The molecule has 0 aliphatic heterocycles. The molecule has 1 rings (SSSR count). The van der Waals surface area contributed by atoms with E-state index in [1.54, 1.807) is 24.9 Å². The fourth-order valence-electron chi connectivity index (χ4n) is 1.78. The van der Waals surface area contributed by atoms with Crippen molar-refractivity contribution >= 4 is 17.5 Å². The Hall–Kier alpha value is -1.00. The predicted molar refractivity (Wildman–Crippen MR) is 82.4 cm³/mol. The first-order valence-corrected chi connectivity index (χ1v) is 7.84. The molecule has 0 N–H and O–H groups in total. The Bertz CT molecular complexity index is 391. The molecule has 3 nitrogen and oxygen atoms in total. The Morgan fingerprint density at radius 1 is 1.32 bits per heavy atom. The van der Waals surface area contributed by atoms with Crippen molar-refractivity contribution in [3.63, 3.8) is 0 Å². The van der Waals surface area contributed by atoms with Gasteiger partial charge in [0, 0.05) is 17.9 Å². The lowest BCUT2D eigenvalue weighted by molar-refractivity contribution is 0.102. The first-order valence-electron chi connectivity index (χ1n) is 6.68. The maximum absolute atomic E-state index is 12.0. The molecule has 1 aromatic carbocycles. The normalized spacial score (nSPS) is 10.7. The van der Waals surface area contributed by atoms with E-state index in [4.69, 9.17) is 4.74 Å². The molecule has 0 saturated carbocycles. The molecular formula is C15H23NO2S. The summed E-state index contributed by atoms with van der Waals surface area (Å²) in [5, 5.41) is 0. The summed E-state index contributed by atoms with van der Waals surface area (Å²) in [6, 6.07) is 7.35. The van der Waals surface area contributed by atoms with Crippen LogP contribution in [0.25, 0.3) is 0 Å². The van der Waals surface area contributed by atoms with Gasteiger partial charge < -0.3 is 9.64 Å². The number of carbonyl (C=O) groups excluding carboxylic acids is 1. The summed E-state index contributed by atoms with van der Waals surface area (Å²) in [4.78, 5) is 14.4. The zero-order chi connectivity index (χ0) is 14.1. The molecule has 0 amide bonds. The topological polar surface area (TPSA) is 29.5 Å². The van der Waals surface area contributed by atoms with Crippen LogP contribution in [0.4, 0.5) is 0 Å². The van der Waals surface area contributed by atoms with Crippen molar-refractivity contribution in [1.29, 1.82) is 0 Å². The van der Waals surface area contributed by atoms with Crippen molar-refractivity contribution in [2.24, 2.45) is 0 Å². The number of thioether (sulfide) groups is 1. The average Bonchev–Trinajstić information content (AvgIpc) is 2.47. The number of ether oxygens (including phenoxy) is 1. The number of ketones is 1. The van der Waals surface area contributed by atoms with Gasteiger partial charge in [-0.05, 0) is 25.2 Å². The van der Waals surface area contributed by atoms with E-state index in [2.05, 4.69) is 18.7 Å². The minimum absolute atomic E-state index is 0.170. The van der Waals surface area contributed by atoms with E-state index < -0.39 is 0 Å². The molecule has 106 valence electrons. The number of rotatable bonds is 9. The summed E-state index contributed by atoms with van der Waals surface area (Å²) in [7, 11) is 1.61. The van der Waals surface area contributed by atoms with Crippen molar-refractivity contribution in [3.8, 4) is 5.75 Å². The van der Waals surface area contributed by atoms with Crippen molar-refractivity contribution in [2.75, 3.05) is 38.2 Å². The molecule has 0 radical (unpaired) electrons. The predicted octanol–water partition coefficient (Wildman–Crippen LogP) is 2.95. The third-order valence-corrected chi connectivity index (χ3v) is 4.01. The number of Topliss-reactive ketones (excluding diaryl/α,β-unsaturated/α-hetero) is 1. The largest absolute Gasteiger partial charge is 0.497 e. The molecule has 0 aliphatic carbocycles. The number of hydrogen-bond acceptors (Lipinski definition) is 4. The lowest BCUT2D eigenvalue weighted by atomic mass is 10.1. The van der Waals surface area contributed by atoms with Crippen LogP contribution in [0.1, 0.15) is 24.2 Å². The molecule has 0 atom stereocenters. The van der Waals surface area contributed by atoms with Crippen LogP contribution in [-0.2, 0) is 0 Å². The molecule has 0 unspecified atom stereocenters. The molecule has 19 heavy (non-hydrogen) atoms. The molecule has 0 aromatic heterocycles. The van der Waals surface area contributed by atoms with E-state index in [9.17, 15) is 4.79 Å². The summed E-state index contributed by atoms with van der Waals surface area (Å²) in [6.07, 6.45) is 0. The summed E-state index contributed by atoms with van der Waals surface area (Å²) >= 11 is 1.70. The highest BCUT2D eigenvalue weighted by atomic mass is 32.2. The van der Waals surface area contributed by atoms with E-state index in [0.29, 0.717) is 5.75 Å². The number of carbonyl (C=O) groups is 1. The van der Waals surface area contributed by atoms with Gasteiger partial charge in [-0.15, -0.1) is 0 Å². The Morgan fingerprint density at radius 2 is 2.05 bits per heavy atom. The van der Waals surface area contributed by atoms with Gasteiger partial charge in [-0.25, -0.2) is 0 Å². The van der Waals surface area contributed by atoms with Crippen molar-refractivity contribution in [2.45, 2.75) is 13.8 Å². The van der Waals surface area contributed by atoms with E-state index in [1.165, 1.54) is 0 Å². The molecule has 0 spiro atoms. The molecular weight excluding hydrogens is 258 g/mol. The van der Waals surface area contributed by atoms with Gasteiger partial charge in [0.2, 0.25) is 0 Å². The third kappa shape index (κ3) is 5.66. The molecule has 0 saturated heterocycles. The van der Waals surface area contributed by atoms with Crippen LogP contribution < -0.4 is 4.74 Å². The quantitative estimate of drug-likeness (QED) is 0.514. The van der Waals surface area contributed by atoms with Crippen molar-refractivity contribution in [3.05, 3.63) is 29.8 Å². The smallest absolute Gasteiger partial charge is 0.172 e. The molecule has 0 aliphatic rings. The minimum Gasteiger partial charge on any atom is -0.497 e. The third-order valence-electron chi connectivity index (χ3n) is 3.07. The highest BCUT2D eigenvalue weighted by molar-refractivity contribution is 8.00. The van der Waals surface area contributed by atoms with Crippen LogP contribution in [0.15, 0.2) is 24.3 Å². The van der Waals surface area contributed by atoms with E-state index in [1.807, 2.05) is 18.2 Å². The van der Waals surface area contributed by atoms with E-state index >= 15 is 0 Å². The number of benzene rings is 1. The van der Waals surface area contributed by atoms with Crippen LogP contribution in [0, 0.1) is 0 Å². The fourth-order valence-corrected chi connectivity index (χ4v) is 2.66. The molecule has 0 bridgehead atoms. The van der Waals surface area contributed by atoms with Gasteiger partial charge >= 0.3 is 0 Å².